The van der Waals surface area contributed by atoms with Gasteiger partial charge in [0.2, 0.25) is 0 Å². The molecule has 1 nitrogen and oxygen atoms in total. The van der Waals surface area contributed by atoms with Crippen LogP contribution < -0.4 is 0 Å². The Morgan fingerprint density at radius 3 is 2.57 bits per heavy atom. The second-order valence-corrected chi connectivity index (χ2v) is 12.1. The Kier molecular flexibility index (Phi) is 6.61. The Bertz CT molecular complexity index is 686. The van der Waals surface area contributed by atoms with Crippen LogP contribution in [0.2, 0.25) is 0 Å². The summed E-state index contributed by atoms with van der Waals surface area (Å²) in [6.45, 7) is 12.5. The van der Waals surface area contributed by atoms with E-state index in [4.69, 9.17) is 0 Å². The number of aliphatic hydroxyl groups excluding tert-OH is 1. The lowest BCUT2D eigenvalue weighted by Gasteiger charge is -2.57. The second-order valence-electron chi connectivity index (χ2n) is 12.1. The number of hydrogen-bond donors (Lipinski definition) is 1. The van der Waals surface area contributed by atoms with Gasteiger partial charge in [-0.05, 0) is 117 Å². The van der Waals surface area contributed by atoms with E-state index in [1.807, 2.05) is 5.57 Å². The van der Waals surface area contributed by atoms with Crippen molar-refractivity contribution in [2.75, 3.05) is 6.61 Å². The molecular formula is C29H48O. The Hall–Kier alpha value is -0.560. The molecule has 0 aromatic carbocycles. The van der Waals surface area contributed by atoms with Crippen LogP contribution in [0.4, 0.5) is 0 Å². The Morgan fingerprint density at radius 2 is 1.83 bits per heavy atom. The predicted molar refractivity (Wildman–Crippen MR) is 128 cm³/mol. The quantitative estimate of drug-likeness (QED) is 0.437. The average molecular weight is 413 g/mol. The second kappa shape index (κ2) is 8.76. The monoisotopic (exact) mass is 412 g/mol. The number of hydrogen-bond acceptors (Lipinski definition) is 1. The van der Waals surface area contributed by atoms with Gasteiger partial charge < -0.3 is 5.11 Å². The standard InChI is InChI=1S/C29H48O/c1-6-22(21(3)19-30)11-10-20(2)25-14-15-26-24-13-12-23-9-7-8-17-28(23,4)27(24)16-18-29(25,26)5/h13,20,23,25-27,30H,6-12,14-19H2,1-5H3/t20-,23?,25-,26+,27+,28+,29-/m1/s1. The van der Waals surface area contributed by atoms with Crippen LogP contribution in [0, 0.1) is 40.4 Å². The van der Waals surface area contributed by atoms with Gasteiger partial charge in [-0.25, -0.2) is 0 Å². The molecule has 1 heteroatoms. The topological polar surface area (TPSA) is 20.2 Å². The van der Waals surface area contributed by atoms with E-state index < -0.39 is 0 Å². The van der Waals surface area contributed by atoms with Crippen molar-refractivity contribution in [1.29, 1.82) is 0 Å². The molecule has 30 heavy (non-hydrogen) atoms. The van der Waals surface area contributed by atoms with Crippen molar-refractivity contribution in [3.05, 3.63) is 22.8 Å². The van der Waals surface area contributed by atoms with Crippen molar-refractivity contribution >= 4 is 0 Å². The van der Waals surface area contributed by atoms with Crippen molar-refractivity contribution < 1.29 is 5.11 Å². The van der Waals surface area contributed by atoms with Gasteiger partial charge in [0.05, 0.1) is 6.61 Å². The minimum absolute atomic E-state index is 0.232. The van der Waals surface area contributed by atoms with Crippen LogP contribution in [-0.4, -0.2) is 11.7 Å². The summed E-state index contributed by atoms with van der Waals surface area (Å²) in [4.78, 5) is 0. The van der Waals surface area contributed by atoms with E-state index in [0.29, 0.717) is 10.8 Å². The van der Waals surface area contributed by atoms with Gasteiger partial charge in [0.15, 0.2) is 0 Å². The molecule has 0 saturated heterocycles. The van der Waals surface area contributed by atoms with Crippen molar-refractivity contribution in [2.24, 2.45) is 40.4 Å². The van der Waals surface area contributed by atoms with E-state index in [-0.39, 0.29) is 6.61 Å². The van der Waals surface area contributed by atoms with Crippen LogP contribution in [0.25, 0.3) is 0 Å². The minimum atomic E-state index is 0.232. The lowest BCUT2D eigenvalue weighted by Crippen LogP contribution is -2.48. The van der Waals surface area contributed by atoms with Gasteiger partial charge in [0.1, 0.15) is 0 Å². The summed E-state index contributed by atoms with van der Waals surface area (Å²) in [7, 11) is 0. The number of allylic oxidation sites excluding steroid dienone is 3. The van der Waals surface area contributed by atoms with E-state index in [1.54, 1.807) is 0 Å². The molecule has 0 heterocycles. The van der Waals surface area contributed by atoms with Crippen molar-refractivity contribution in [2.45, 2.75) is 112 Å². The molecule has 4 rings (SSSR count). The van der Waals surface area contributed by atoms with Crippen LogP contribution in [0.1, 0.15) is 112 Å². The molecule has 0 aliphatic heterocycles. The highest BCUT2D eigenvalue weighted by atomic mass is 16.3. The molecule has 4 aliphatic carbocycles. The molecule has 1 N–H and O–H groups in total. The lowest BCUT2D eigenvalue weighted by atomic mass is 9.48. The van der Waals surface area contributed by atoms with E-state index in [0.717, 1.165) is 36.0 Å². The van der Waals surface area contributed by atoms with Gasteiger partial charge in [-0.15, -0.1) is 0 Å². The number of fused-ring (bicyclic) bond motifs is 5. The number of rotatable bonds is 6. The lowest BCUT2D eigenvalue weighted by molar-refractivity contribution is -0.00782. The normalized spacial score (nSPS) is 42.5. The zero-order valence-electron chi connectivity index (χ0n) is 20.6. The fourth-order valence-electron chi connectivity index (χ4n) is 8.93. The third-order valence-electron chi connectivity index (χ3n) is 10.9. The highest BCUT2D eigenvalue weighted by Gasteiger charge is 2.57. The predicted octanol–water partition coefficient (Wildman–Crippen LogP) is 8.09. The molecule has 3 saturated carbocycles. The van der Waals surface area contributed by atoms with Gasteiger partial charge in [0.25, 0.3) is 0 Å². The van der Waals surface area contributed by atoms with Crippen LogP contribution >= 0.6 is 0 Å². The van der Waals surface area contributed by atoms with Gasteiger partial charge in [-0.2, -0.15) is 0 Å². The first-order valence-electron chi connectivity index (χ1n) is 13.3. The summed E-state index contributed by atoms with van der Waals surface area (Å²) in [6.07, 6.45) is 19.4. The van der Waals surface area contributed by atoms with E-state index in [1.165, 1.54) is 81.8 Å². The fourth-order valence-corrected chi connectivity index (χ4v) is 8.93. The van der Waals surface area contributed by atoms with Crippen molar-refractivity contribution in [3.63, 3.8) is 0 Å². The van der Waals surface area contributed by atoms with Gasteiger partial charge in [0, 0.05) is 0 Å². The first-order valence-corrected chi connectivity index (χ1v) is 13.3. The summed E-state index contributed by atoms with van der Waals surface area (Å²) >= 11 is 0. The number of aliphatic hydroxyl groups is 1. The molecule has 0 bridgehead atoms. The Labute approximate surface area is 186 Å². The third-order valence-corrected chi connectivity index (χ3v) is 10.9. The van der Waals surface area contributed by atoms with Crippen LogP contribution in [0.5, 0.6) is 0 Å². The highest BCUT2D eigenvalue weighted by molar-refractivity contribution is 5.27. The highest BCUT2D eigenvalue weighted by Crippen LogP contribution is 2.66. The largest absolute Gasteiger partial charge is 0.392 e. The fraction of sp³-hybridized carbons (Fsp3) is 0.862. The molecule has 0 spiro atoms. The first kappa shape index (κ1) is 22.6. The molecular weight excluding hydrogens is 364 g/mol. The summed E-state index contributed by atoms with van der Waals surface area (Å²) in [5.41, 5.74) is 5.77. The first-order chi connectivity index (χ1) is 14.3. The van der Waals surface area contributed by atoms with Crippen molar-refractivity contribution in [3.8, 4) is 0 Å². The van der Waals surface area contributed by atoms with Crippen LogP contribution in [0.3, 0.4) is 0 Å². The summed E-state index contributed by atoms with van der Waals surface area (Å²) in [6, 6.07) is 0. The maximum atomic E-state index is 9.56. The average Bonchev–Trinajstić information content (AvgIpc) is 3.10. The summed E-state index contributed by atoms with van der Waals surface area (Å²) in [5.74, 6) is 4.41. The molecule has 0 aromatic rings. The molecule has 3 fully saturated rings. The zero-order valence-corrected chi connectivity index (χ0v) is 20.6. The molecule has 0 amide bonds. The van der Waals surface area contributed by atoms with Crippen LogP contribution in [0.15, 0.2) is 22.8 Å². The van der Waals surface area contributed by atoms with Gasteiger partial charge >= 0.3 is 0 Å². The van der Waals surface area contributed by atoms with Gasteiger partial charge in [-0.1, -0.05) is 57.8 Å². The molecule has 7 atom stereocenters. The molecule has 0 radical (unpaired) electrons. The SMILES string of the molecule is CCC(CC[C@@H](C)[C@H]1CC[C@H]2C3=CCC4CCCC[C@]4(C)[C@H]3CC[C@]12C)=C(C)CO. The van der Waals surface area contributed by atoms with Crippen LogP contribution in [-0.2, 0) is 0 Å². The Balaban J connectivity index is 1.49. The smallest absolute Gasteiger partial charge is 0.0641 e. The summed E-state index contributed by atoms with van der Waals surface area (Å²) in [5, 5.41) is 9.56. The van der Waals surface area contributed by atoms with Crippen molar-refractivity contribution in [1.82, 2.24) is 0 Å². The maximum absolute atomic E-state index is 9.56. The maximum Gasteiger partial charge on any atom is 0.0641 e. The molecule has 170 valence electrons. The summed E-state index contributed by atoms with van der Waals surface area (Å²) < 4.78 is 0. The third kappa shape index (κ3) is 3.66. The van der Waals surface area contributed by atoms with E-state index >= 15 is 0 Å². The molecule has 1 unspecified atom stereocenters. The van der Waals surface area contributed by atoms with E-state index in [9.17, 15) is 5.11 Å². The molecule has 0 aromatic heterocycles. The minimum Gasteiger partial charge on any atom is -0.392 e. The van der Waals surface area contributed by atoms with E-state index in [2.05, 4.69) is 40.7 Å². The zero-order chi connectivity index (χ0) is 21.5. The van der Waals surface area contributed by atoms with Gasteiger partial charge in [-0.3, -0.25) is 0 Å². The molecule has 4 aliphatic rings. The Morgan fingerprint density at radius 1 is 1.07 bits per heavy atom.